The maximum absolute atomic E-state index is 9.35. The van der Waals surface area contributed by atoms with Gasteiger partial charge in [0.1, 0.15) is 5.75 Å². The van der Waals surface area contributed by atoms with Crippen LogP contribution in [0.1, 0.15) is 11.3 Å². The van der Waals surface area contributed by atoms with Crippen molar-refractivity contribution in [1.82, 2.24) is 9.55 Å². The molecule has 0 atom stereocenters. The molecule has 0 radical (unpaired) electrons. The number of nitrogens with one attached hydrogen (secondary N) is 1. The molecule has 0 spiro atoms. The number of hydrogen-bond acceptors (Lipinski definition) is 5. The third-order valence-electron chi connectivity index (χ3n) is 3.88. The molecule has 0 aliphatic carbocycles. The molecule has 3 N–H and O–H groups in total. The number of nitrogens with zero attached hydrogens (tertiary/aromatic N) is 2. The van der Waals surface area contributed by atoms with Crippen molar-refractivity contribution in [3.8, 4) is 16.9 Å². The van der Waals surface area contributed by atoms with Crippen LogP contribution in [0.2, 0.25) is 0 Å². The highest BCUT2D eigenvalue weighted by Crippen LogP contribution is 2.32. The van der Waals surface area contributed by atoms with Crippen LogP contribution in [0, 0.1) is 0 Å². The van der Waals surface area contributed by atoms with Crippen molar-refractivity contribution < 1.29 is 15.1 Å². The van der Waals surface area contributed by atoms with Crippen LogP contribution in [0.5, 0.6) is 5.75 Å². The molecule has 0 aliphatic heterocycles. The van der Waals surface area contributed by atoms with E-state index in [-0.39, 0.29) is 6.61 Å². The molecular weight excluding hydrogens is 306 g/mol. The average molecular weight is 325 g/mol. The van der Waals surface area contributed by atoms with E-state index in [9.17, 15) is 5.11 Å². The largest absolute Gasteiger partial charge is 0.496 e. The Balaban J connectivity index is 1.99. The second-order valence-electron chi connectivity index (χ2n) is 5.40. The Bertz CT molecular complexity index is 830. The minimum atomic E-state index is -0.0484. The van der Waals surface area contributed by atoms with Crippen molar-refractivity contribution in [3.05, 3.63) is 66.2 Å². The van der Waals surface area contributed by atoms with Crippen molar-refractivity contribution in [2.75, 3.05) is 12.6 Å². The number of aliphatic hydroxyl groups excluding tert-OH is 1. The molecule has 3 rings (SSSR count). The highest BCUT2D eigenvalue weighted by Gasteiger charge is 2.09. The van der Waals surface area contributed by atoms with Crippen LogP contribution in [0.4, 0.5) is 5.69 Å². The van der Waals surface area contributed by atoms with Gasteiger partial charge >= 0.3 is 0 Å². The summed E-state index contributed by atoms with van der Waals surface area (Å²) in [6.45, 7) is 0.554. The predicted octanol–water partition coefficient (Wildman–Crippen LogP) is 2.90. The summed E-state index contributed by atoms with van der Waals surface area (Å²) in [5.74, 6) is 0.752. The number of methoxy groups -OCH3 is 1. The first-order valence-corrected chi connectivity index (χ1v) is 7.52. The fraction of sp³-hybridized carbons (Fsp3) is 0.167. The fourth-order valence-corrected chi connectivity index (χ4v) is 2.65. The predicted molar refractivity (Wildman–Crippen MR) is 91.1 cm³/mol. The molecule has 1 heterocycles. The second kappa shape index (κ2) is 7.16. The van der Waals surface area contributed by atoms with Gasteiger partial charge in [-0.2, -0.15) is 0 Å². The van der Waals surface area contributed by atoms with E-state index >= 15 is 0 Å². The lowest BCUT2D eigenvalue weighted by Gasteiger charge is -2.13. The number of aliphatic hydroxyl groups is 1. The first kappa shape index (κ1) is 16.0. The van der Waals surface area contributed by atoms with Crippen molar-refractivity contribution in [3.63, 3.8) is 0 Å². The number of imidazole rings is 1. The summed E-state index contributed by atoms with van der Waals surface area (Å²) < 4.78 is 7.37. The lowest BCUT2D eigenvalue weighted by atomic mass is 10.0. The maximum atomic E-state index is 9.35. The molecule has 0 saturated heterocycles. The second-order valence-corrected chi connectivity index (χ2v) is 5.40. The minimum absolute atomic E-state index is 0.0484. The molecule has 0 saturated carbocycles. The highest BCUT2D eigenvalue weighted by atomic mass is 16.5. The summed E-state index contributed by atoms with van der Waals surface area (Å²) in [6.07, 6.45) is 3.35. The lowest BCUT2D eigenvalue weighted by Crippen LogP contribution is -2.03. The van der Waals surface area contributed by atoms with Gasteiger partial charge in [0.25, 0.3) is 0 Å². The summed E-state index contributed by atoms with van der Waals surface area (Å²) >= 11 is 0. The normalized spacial score (nSPS) is 10.6. The summed E-state index contributed by atoms with van der Waals surface area (Å²) in [5.41, 5.74) is 6.45. The highest BCUT2D eigenvalue weighted by molar-refractivity contribution is 5.74. The number of aromatic nitrogens is 2. The van der Waals surface area contributed by atoms with E-state index < -0.39 is 0 Å². The van der Waals surface area contributed by atoms with E-state index in [0.717, 1.165) is 28.1 Å². The van der Waals surface area contributed by atoms with Crippen LogP contribution in [0.3, 0.4) is 0 Å². The van der Waals surface area contributed by atoms with Gasteiger partial charge in [0, 0.05) is 12.1 Å². The molecule has 1 aromatic heterocycles. The number of ether oxygens (including phenoxy) is 1. The van der Waals surface area contributed by atoms with Gasteiger partial charge in [0.2, 0.25) is 0 Å². The Labute approximate surface area is 139 Å². The van der Waals surface area contributed by atoms with Crippen LogP contribution in [-0.4, -0.2) is 27.0 Å². The molecular formula is C18H19N3O3. The molecule has 24 heavy (non-hydrogen) atoms. The van der Waals surface area contributed by atoms with Gasteiger partial charge < -0.3 is 14.4 Å². The van der Waals surface area contributed by atoms with Crippen molar-refractivity contribution in [1.29, 1.82) is 0 Å². The van der Waals surface area contributed by atoms with E-state index in [4.69, 9.17) is 9.94 Å². The minimum Gasteiger partial charge on any atom is -0.496 e. The Morgan fingerprint density at radius 1 is 1.21 bits per heavy atom. The average Bonchev–Trinajstić information content (AvgIpc) is 3.08. The van der Waals surface area contributed by atoms with Gasteiger partial charge in [-0.05, 0) is 35.4 Å². The number of anilines is 1. The Morgan fingerprint density at radius 2 is 2.08 bits per heavy atom. The lowest BCUT2D eigenvalue weighted by molar-refractivity contribution is 0.271. The molecule has 3 aromatic rings. The third kappa shape index (κ3) is 3.24. The Hall–Kier alpha value is -2.83. The molecule has 0 aliphatic rings. The topological polar surface area (TPSA) is 79.5 Å². The SMILES string of the molecule is COc1ccc(Cn2cncc2CO)cc1-c1cccc(NO)c1. The maximum Gasteiger partial charge on any atom is 0.126 e. The third-order valence-corrected chi connectivity index (χ3v) is 3.88. The van der Waals surface area contributed by atoms with Gasteiger partial charge in [-0.25, -0.2) is 4.98 Å². The zero-order valence-corrected chi connectivity index (χ0v) is 13.3. The zero-order chi connectivity index (χ0) is 16.9. The quantitative estimate of drug-likeness (QED) is 0.607. The monoisotopic (exact) mass is 325 g/mol. The van der Waals surface area contributed by atoms with Gasteiger partial charge in [-0.3, -0.25) is 10.7 Å². The van der Waals surface area contributed by atoms with Crippen LogP contribution < -0.4 is 10.2 Å². The number of benzene rings is 2. The van der Waals surface area contributed by atoms with E-state index in [2.05, 4.69) is 10.5 Å². The van der Waals surface area contributed by atoms with Gasteiger partial charge in [-0.1, -0.05) is 18.2 Å². The number of hydrogen-bond donors (Lipinski definition) is 3. The number of rotatable bonds is 6. The molecule has 0 amide bonds. The molecule has 2 aromatic carbocycles. The first-order chi connectivity index (χ1) is 11.7. The van der Waals surface area contributed by atoms with Crippen LogP contribution in [-0.2, 0) is 13.2 Å². The zero-order valence-electron chi connectivity index (χ0n) is 13.3. The summed E-state index contributed by atoms with van der Waals surface area (Å²) in [7, 11) is 1.63. The Morgan fingerprint density at radius 3 is 2.83 bits per heavy atom. The van der Waals surface area contributed by atoms with Gasteiger partial charge in [0.05, 0.1) is 37.6 Å². The van der Waals surface area contributed by atoms with Crippen molar-refractivity contribution >= 4 is 5.69 Å². The molecule has 6 nitrogen and oxygen atoms in total. The van der Waals surface area contributed by atoms with Crippen molar-refractivity contribution in [2.24, 2.45) is 0 Å². The molecule has 6 heteroatoms. The Kier molecular flexibility index (Phi) is 4.79. The van der Waals surface area contributed by atoms with E-state index in [1.807, 2.05) is 41.0 Å². The van der Waals surface area contributed by atoms with E-state index in [1.165, 1.54) is 0 Å². The van der Waals surface area contributed by atoms with E-state index in [0.29, 0.717) is 12.2 Å². The van der Waals surface area contributed by atoms with Crippen molar-refractivity contribution in [2.45, 2.75) is 13.2 Å². The molecule has 0 unspecified atom stereocenters. The molecule has 0 fully saturated rings. The fourth-order valence-electron chi connectivity index (χ4n) is 2.65. The first-order valence-electron chi connectivity index (χ1n) is 7.52. The smallest absolute Gasteiger partial charge is 0.126 e. The summed E-state index contributed by atoms with van der Waals surface area (Å²) in [5, 5.41) is 18.5. The van der Waals surface area contributed by atoms with Gasteiger partial charge in [0.15, 0.2) is 0 Å². The van der Waals surface area contributed by atoms with Crippen LogP contribution >= 0.6 is 0 Å². The van der Waals surface area contributed by atoms with Gasteiger partial charge in [-0.15, -0.1) is 0 Å². The van der Waals surface area contributed by atoms with Crippen LogP contribution in [0.15, 0.2) is 55.0 Å². The molecule has 0 bridgehead atoms. The summed E-state index contributed by atoms with van der Waals surface area (Å²) in [4.78, 5) is 4.07. The summed E-state index contributed by atoms with van der Waals surface area (Å²) in [6, 6.07) is 13.4. The standard InChI is InChI=1S/C18H19N3O3/c1-24-18-6-5-13(10-21-12-19-9-16(21)11-22)7-17(18)14-3-2-4-15(8-14)20-23/h2-9,12,20,22-23H,10-11H2,1H3. The molecule has 124 valence electrons. The van der Waals surface area contributed by atoms with Crippen LogP contribution in [0.25, 0.3) is 11.1 Å². The van der Waals surface area contributed by atoms with E-state index in [1.54, 1.807) is 25.7 Å².